The van der Waals surface area contributed by atoms with Crippen molar-refractivity contribution in [3.05, 3.63) is 53.1 Å². The van der Waals surface area contributed by atoms with Gasteiger partial charge in [0.1, 0.15) is 11.5 Å². The van der Waals surface area contributed by atoms with Crippen LogP contribution in [0.2, 0.25) is 0 Å². The first kappa shape index (κ1) is 21.3. The number of hydrogen-bond donors (Lipinski definition) is 1. The Morgan fingerprint density at radius 3 is 2.19 bits per heavy atom. The minimum Gasteiger partial charge on any atom is -0.496 e. The Labute approximate surface area is 162 Å². The molecule has 2 aromatic carbocycles. The molecule has 27 heavy (non-hydrogen) atoms. The normalized spacial score (nSPS) is 12.9. The van der Waals surface area contributed by atoms with Gasteiger partial charge in [0.25, 0.3) is 0 Å². The molecule has 0 bridgehead atoms. The van der Waals surface area contributed by atoms with Crippen molar-refractivity contribution in [3.63, 3.8) is 0 Å². The van der Waals surface area contributed by atoms with Gasteiger partial charge in [-0.05, 0) is 79.8 Å². The summed E-state index contributed by atoms with van der Waals surface area (Å²) in [5.41, 5.74) is 2.98. The number of ether oxygens (including phenoxy) is 2. The summed E-state index contributed by atoms with van der Waals surface area (Å²) in [6.07, 6.45) is 0. The fraction of sp³-hybridized carbons (Fsp3) is 0.429. The first-order valence-corrected chi connectivity index (χ1v) is 10.6. The SMILES string of the molecule is CCOc1ccc(S(=O)(=O)N[C@H](C)c2cc(C(C)C)c(OC)cc2C)cc1. The second-order valence-electron chi connectivity index (χ2n) is 6.85. The van der Waals surface area contributed by atoms with Crippen LogP contribution in [0.1, 0.15) is 56.3 Å². The summed E-state index contributed by atoms with van der Waals surface area (Å²) in [7, 11) is -1.99. The number of sulfonamides is 1. The van der Waals surface area contributed by atoms with Crippen LogP contribution < -0.4 is 14.2 Å². The zero-order valence-electron chi connectivity index (χ0n) is 16.9. The maximum atomic E-state index is 12.8. The van der Waals surface area contributed by atoms with Gasteiger partial charge in [-0.3, -0.25) is 0 Å². The molecule has 1 atom stereocenters. The molecule has 2 rings (SSSR count). The third kappa shape index (κ3) is 5.02. The Hall–Kier alpha value is -2.05. The van der Waals surface area contributed by atoms with E-state index >= 15 is 0 Å². The van der Waals surface area contributed by atoms with Crippen molar-refractivity contribution in [2.75, 3.05) is 13.7 Å². The Morgan fingerprint density at radius 1 is 1.04 bits per heavy atom. The fourth-order valence-electron chi connectivity index (χ4n) is 3.06. The molecule has 1 N–H and O–H groups in total. The van der Waals surface area contributed by atoms with Crippen molar-refractivity contribution >= 4 is 10.0 Å². The van der Waals surface area contributed by atoms with Crippen LogP contribution in [0.5, 0.6) is 11.5 Å². The van der Waals surface area contributed by atoms with Crippen LogP contribution in [0.3, 0.4) is 0 Å². The molecule has 0 aliphatic rings. The van der Waals surface area contributed by atoms with E-state index in [4.69, 9.17) is 9.47 Å². The Bertz CT molecular complexity index is 874. The summed E-state index contributed by atoms with van der Waals surface area (Å²) < 4.78 is 39.1. The minimum absolute atomic E-state index is 0.216. The van der Waals surface area contributed by atoms with Crippen LogP contribution >= 0.6 is 0 Å². The summed E-state index contributed by atoms with van der Waals surface area (Å²) in [5, 5.41) is 0. The lowest BCUT2D eigenvalue weighted by Gasteiger charge is -2.21. The average Bonchev–Trinajstić information content (AvgIpc) is 2.61. The van der Waals surface area contributed by atoms with E-state index < -0.39 is 10.0 Å². The number of hydrogen-bond acceptors (Lipinski definition) is 4. The smallest absolute Gasteiger partial charge is 0.241 e. The molecule has 0 saturated carbocycles. The molecule has 0 aliphatic carbocycles. The van der Waals surface area contributed by atoms with E-state index in [0.29, 0.717) is 12.4 Å². The van der Waals surface area contributed by atoms with Gasteiger partial charge in [-0.25, -0.2) is 13.1 Å². The molecule has 0 aliphatic heterocycles. The summed E-state index contributed by atoms with van der Waals surface area (Å²) in [6, 6.07) is 10.1. The first-order chi connectivity index (χ1) is 12.7. The highest BCUT2D eigenvalue weighted by Crippen LogP contribution is 2.32. The topological polar surface area (TPSA) is 64.6 Å². The molecule has 0 unspecified atom stereocenters. The highest BCUT2D eigenvalue weighted by atomic mass is 32.2. The maximum Gasteiger partial charge on any atom is 0.241 e. The predicted octanol–water partition coefficient (Wildman–Crippen LogP) is 4.57. The lowest BCUT2D eigenvalue weighted by atomic mass is 9.94. The van der Waals surface area contributed by atoms with Gasteiger partial charge < -0.3 is 9.47 Å². The van der Waals surface area contributed by atoms with Crippen LogP contribution in [-0.2, 0) is 10.0 Å². The Balaban J connectivity index is 2.30. The van der Waals surface area contributed by atoms with Crippen molar-refractivity contribution in [3.8, 4) is 11.5 Å². The monoisotopic (exact) mass is 391 g/mol. The molecular formula is C21H29NO4S. The molecule has 0 spiro atoms. The number of rotatable bonds is 8. The van der Waals surface area contributed by atoms with E-state index in [1.54, 1.807) is 31.4 Å². The van der Waals surface area contributed by atoms with Crippen LogP contribution in [-0.4, -0.2) is 22.1 Å². The van der Waals surface area contributed by atoms with E-state index in [0.717, 1.165) is 22.4 Å². The van der Waals surface area contributed by atoms with Crippen LogP contribution in [0.4, 0.5) is 0 Å². The van der Waals surface area contributed by atoms with E-state index in [1.165, 1.54) is 0 Å². The van der Waals surface area contributed by atoms with Crippen LogP contribution in [0, 0.1) is 6.92 Å². The molecule has 148 valence electrons. The van der Waals surface area contributed by atoms with Gasteiger partial charge in [-0.2, -0.15) is 0 Å². The second-order valence-corrected chi connectivity index (χ2v) is 8.57. The number of benzene rings is 2. The first-order valence-electron chi connectivity index (χ1n) is 9.13. The highest BCUT2D eigenvalue weighted by Gasteiger charge is 2.21. The molecule has 6 heteroatoms. The molecule has 0 saturated heterocycles. The lowest BCUT2D eigenvalue weighted by molar-refractivity contribution is 0.340. The van der Waals surface area contributed by atoms with Gasteiger partial charge in [-0.1, -0.05) is 13.8 Å². The van der Waals surface area contributed by atoms with E-state index in [-0.39, 0.29) is 16.9 Å². The molecule has 2 aromatic rings. The summed E-state index contributed by atoms with van der Waals surface area (Å²) in [5.74, 6) is 1.75. The van der Waals surface area contributed by atoms with E-state index in [9.17, 15) is 8.42 Å². The van der Waals surface area contributed by atoms with Gasteiger partial charge in [0, 0.05) is 6.04 Å². The third-order valence-corrected chi connectivity index (χ3v) is 6.04. The van der Waals surface area contributed by atoms with Gasteiger partial charge in [0.2, 0.25) is 10.0 Å². The van der Waals surface area contributed by atoms with Crippen molar-refractivity contribution in [1.82, 2.24) is 4.72 Å². The summed E-state index contributed by atoms with van der Waals surface area (Å²) in [6.45, 7) is 10.4. The van der Waals surface area contributed by atoms with Crippen molar-refractivity contribution in [2.45, 2.75) is 51.5 Å². The maximum absolute atomic E-state index is 12.8. The summed E-state index contributed by atoms with van der Waals surface area (Å²) >= 11 is 0. The minimum atomic E-state index is -3.64. The van der Waals surface area contributed by atoms with Crippen LogP contribution in [0.15, 0.2) is 41.3 Å². The number of nitrogens with one attached hydrogen (secondary N) is 1. The van der Waals surface area contributed by atoms with Gasteiger partial charge in [0.05, 0.1) is 18.6 Å². The van der Waals surface area contributed by atoms with Gasteiger partial charge in [-0.15, -0.1) is 0 Å². The van der Waals surface area contributed by atoms with Crippen molar-refractivity contribution in [2.24, 2.45) is 0 Å². The predicted molar refractivity (Wildman–Crippen MR) is 108 cm³/mol. The molecule has 0 aromatic heterocycles. The summed E-state index contributed by atoms with van der Waals surface area (Å²) in [4.78, 5) is 0.216. The molecular weight excluding hydrogens is 362 g/mol. The zero-order valence-corrected chi connectivity index (χ0v) is 17.7. The van der Waals surface area contributed by atoms with Gasteiger partial charge in [0.15, 0.2) is 0 Å². The average molecular weight is 392 g/mol. The quantitative estimate of drug-likeness (QED) is 0.716. The zero-order chi connectivity index (χ0) is 20.2. The fourth-order valence-corrected chi connectivity index (χ4v) is 4.28. The van der Waals surface area contributed by atoms with Crippen LogP contribution in [0.25, 0.3) is 0 Å². The number of methoxy groups -OCH3 is 1. The largest absolute Gasteiger partial charge is 0.496 e. The van der Waals surface area contributed by atoms with Crippen molar-refractivity contribution in [1.29, 1.82) is 0 Å². The lowest BCUT2D eigenvalue weighted by Crippen LogP contribution is -2.27. The van der Waals surface area contributed by atoms with E-state index in [2.05, 4.69) is 18.6 Å². The number of aryl methyl sites for hydroxylation is 1. The van der Waals surface area contributed by atoms with E-state index in [1.807, 2.05) is 32.9 Å². The molecule has 0 radical (unpaired) electrons. The molecule has 0 heterocycles. The van der Waals surface area contributed by atoms with Gasteiger partial charge >= 0.3 is 0 Å². The standard InChI is InChI=1S/C21H29NO4S/c1-7-26-17-8-10-18(11-9-17)27(23,24)22-16(5)20-13-19(14(2)3)21(25-6)12-15(20)4/h8-14,16,22H,7H2,1-6H3/t16-/m1/s1. The Kier molecular flexibility index (Phi) is 6.89. The molecule has 5 nitrogen and oxygen atoms in total. The molecule has 0 amide bonds. The second kappa shape index (κ2) is 8.76. The Morgan fingerprint density at radius 2 is 1.67 bits per heavy atom. The molecule has 0 fully saturated rings. The van der Waals surface area contributed by atoms with Crippen molar-refractivity contribution < 1.29 is 17.9 Å². The third-order valence-electron chi connectivity index (χ3n) is 4.48. The highest BCUT2D eigenvalue weighted by molar-refractivity contribution is 7.89.